The number of ether oxygens (including phenoxy) is 1. The zero-order valence-electron chi connectivity index (χ0n) is 17.8. The van der Waals surface area contributed by atoms with Crippen molar-refractivity contribution >= 4 is 5.69 Å². The average Bonchev–Trinajstić information content (AvgIpc) is 3.11. The molecule has 1 aliphatic heterocycles. The fraction of sp³-hybridized carbons (Fsp3) is 0.500. The van der Waals surface area contributed by atoms with Crippen LogP contribution in [0, 0.1) is 5.92 Å². The molecule has 0 aromatic heterocycles. The van der Waals surface area contributed by atoms with E-state index in [2.05, 4.69) is 86.6 Å². The van der Waals surface area contributed by atoms with Gasteiger partial charge in [-0.25, -0.2) is 0 Å². The molecule has 0 amide bonds. The molecule has 2 aromatic rings. The van der Waals surface area contributed by atoms with Crippen LogP contribution in [0.3, 0.4) is 0 Å². The van der Waals surface area contributed by atoms with Gasteiger partial charge in [0.2, 0.25) is 0 Å². The quantitative estimate of drug-likeness (QED) is 0.788. The lowest BCUT2D eigenvalue weighted by Gasteiger charge is -2.36. The molecule has 3 atom stereocenters. The van der Waals surface area contributed by atoms with Gasteiger partial charge in [-0.2, -0.15) is 0 Å². The zero-order chi connectivity index (χ0) is 20.3. The minimum absolute atomic E-state index is 0.0686. The summed E-state index contributed by atoms with van der Waals surface area (Å²) in [6.45, 7) is 7.80. The Hall–Kier alpha value is -2.04. The molecule has 0 bridgehead atoms. The number of aliphatic hydroxyl groups is 1. The minimum Gasteiger partial charge on any atom is -0.495 e. The van der Waals surface area contributed by atoms with Gasteiger partial charge in [-0.3, -0.25) is 0 Å². The molecule has 28 heavy (non-hydrogen) atoms. The number of likely N-dealkylation sites (N-methyl/N-ethyl adjacent to an activating group) is 1. The van der Waals surface area contributed by atoms with Crippen LogP contribution in [-0.2, 0) is 5.41 Å². The Labute approximate surface area is 169 Å². The predicted molar refractivity (Wildman–Crippen MR) is 116 cm³/mol. The number of hydrogen-bond acceptors (Lipinski definition) is 4. The van der Waals surface area contributed by atoms with Crippen molar-refractivity contribution in [1.29, 1.82) is 0 Å². The topological polar surface area (TPSA) is 44.7 Å². The van der Waals surface area contributed by atoms with E-state index in [1.807, 2.05) is 0 Å². The summed E-state index contributed by atoms with van der Waals surface area (Å²) in [5, 5.41) is 13.3. The highest BCUT2D eigenvalue weighted by Crippen LogP contribution is 2.40. The summed E-state index contributed by atoms with van der Waals surface area (Å²) in [6.07, 6.45) is 0.784. The van der Waals surface area contributed by atoms with E-state index < -0.39 is 0 Å². The number of nitrogens with zero attached hydrogens (tertiary/aromatic N) is 1. The summed E-state index contributed by atoms with van der Waals surface area (Å²) in [6, 6.07) is 17.5. The van der Waals surface area contributed by atoms with Crippen molar-refractivity contribution < 1.29 is 9.84 Å². The fourth-order valence-electron chi connectivity index (χ4n) is 4.34. The Kier molecular flexibility index (Phi) is 6.31. The lowest BCUT2D eigenvalue weighted by Crippen LogP contribution is -2.40. The van der Waals surface area contributed by atoms with Gasteiger partial charge in [0.05, 0.1) is 24.9 Å². The average molecular weight is 383 g/mol. The zero-order valence-corrected chi connectivity index (χ0v) is 17.8. The second-order valence-electron chi connectivity index (χ2n) is 8.81. The summed E-state index contributed by atoms with van der Waals surface area (Å²) in [7, 11) is 3.89. The molecule has 1 heterocycles. The third-order valence-electron chi connectivity index (χ3n) is 5.96. The number of rotatable bonds is 6. The van der Waals surface area contributed by atoms with Crippen LogP contribution in [-0.4, -0.2) is 38.5 Å². The number of aliphatic hydroxyl groups excluding tert-OH is 1. The Bertz CT molecular complexity index is 770. The third-order valence-corrected chi connectivity index (χ3v) is 5.96. The van der Waals surface area contributed by atoms with Crippen molar-refractivity contribution in [3.63, 3.8) is 0 Å². The van der Waals surface area contributed by atoms with Gasteiger partial charge in [-0.15, -0.1) is 0 Å². The Morgan fingerprint density at radius 2 is 1.86 bits per heavy atom. The summed E-state index contributed by atoms with van der Waals surface area (Å²) in [5.74, 6) is 1.25. The van der Waals surface area contributed by atoms with E-state index in [1.54, 1.807) is 7.11 Å². The fourth-order valence-corrected chi connectivity index (χ4v) is 4.34. The smallest absolute Gasteiger partial charge is 0.142 e. The standard InChI is InChI=1S/C24H34N2O2/c1-24(2,3)19-11-12-21(28-5)20(15-19)26(4)23-18(13-14-27)16-25-22(23)17-9-7-6-8-10-17/h6-12,15,18,22-23,25,27H,13-14,16H2,1-5H3. The van der Waals surface area contributed by atoms with Crippen molar-refractivity contribution in [3.05, 3.63) is 59.7 Å². The molecule has 4 heteroatoms. The second-order valence-corrected chi connectivity index (χ2v) is 8.81. The van der Waals surface area contributed by atoms with E-state index >= 15 is 0 Å². The van der Waals surface area contributed by atoms with E-state index in [-0.39, 0.29) is 24.1 Å². The minimum atomic E-state index is 0.0686. The van der Waals surface area contributed by atoms with Crippen molar-refractivity contribution in [2.45, 2.75) is 44.7 Å². The maximum Gasteiger partial charge on any atom is 0.142 e. The Balaban J connectivity index is 2.02. The Morgan fingerprint density at radius 1 is 1.14 bits per heavy atom. The van der Waals surface area contributed by atoms with Gasteiger partial charge < -0.3 is 20.1 Å². The first-order valence-corrected chi connectivity index (χ1v) is 10.2. The summed E-state index contributed by atoms with van der Waals surface area (Å²) in [5.41, 5.74) is 3.74. The molecule has 2 aromatic carbocycles. The van der Waals surface area contributed by atoms with E-state index in [4.69, 9.17) is 4.74 Å². The molecule has 3 unspecified atom stereocenters. The normalized spacial score (nSPS) is 22.3. The lowest BCUT2D eigenvalue weighted by atomic mass is 9.86. The first-order valence-electron chi connectivity index (χ1n) is 10.2. The van der Waals surface area contributed by atoms with E-state index in [0.717, 1.165) is 24.4 Å². The highest BCUT2D eigenvalue weighted by Gasteiger charge is 2.39. The molecular formula is C24H34N2O2. The summed E-state index contributed by atoms with van der Waals surface area (Å²) < 4.78 is 5.72. The number of benzene rings is 2. The highest BCUT2D eigenvalue weighted by atomic mass is 16.5. The first-order chi connectivity index (χ1) is 13.4. The molecule has 3 rings (SSSR count). The molecule has 1 fully saturated rings. The maximum atomic E-state index is 9.63. The van der Waals surface area contributed by atoms with Gasteiger partial charge >= 0.3 is 0 Å². The summed E-state index contributed by atoms with van der Waals surface area (Å²) >= 11 is 0. The van der Waals surface area contributed by atoms with Crippen LogP contribution in [0.1, 0.15) is 44.4 Å². The van der Waals surface area contributed by atoms with E-state index in [0.29, 0.717) is 5.92 Å². The van der Waals surface area contributed by atoms with Gasteiger partial charge in [-0.1, -0.05) is 57.2 Å². The molecule has 152 valence electrons. The molecule has 1 saturated heterocycles. The molecule has 4 nitrogen and oxygen atoms in total. The van der Waals surface area contributed by atoms with Gasteiger partial charge in [0.1, 0.15) is 5.75 Å². The predicted octanol–water partition coefficient (Wildman–Crippen LogP) is 4.14. The molecule has 0 aliphatic carbocycles. The van der Waals surface area contributed by atoms with Gasteiger partial charge in [0.25, 0.3) is 0 Å². The van der Waals surface area contributed by atoms with E-state index in [9.17, 15) is 5.11 Å². The summed E-state index contributed by atoms with van der Waals surface area (Å²) in [4.78, 5) is 2.35. The van der Waals surface area contributed by atoms with Crippen LogP contribution in [0.5, 0.6) is 5.75 Å². The van der Waals surface area contributed by atoms with Crippen molar-refractivity contribution in [2.24, 2.45) is 5.92 Å². The van der Waals surface area contributed by atoms with Crippen LogP contribution < -0.4 is 15.0 Å². The number of methoxy groups -OCH3 is 1. The molecular weight excluding hydrogens is 348 g/mol. The SMILES string of the molecule is COc1ccc(C(C)(C)C)cc1N(C)C1C(CCO)CNC1c1ccccc1. The molecule has 1 aliphatic rings. The lowest BCUT2D eigenvalue weighted by molar-refractivity contribution is 0.252. The van der Waals surface area contributed by atoms with Crippen LogP contribution in [0.25, 0.3) is 0 Å². The maximum absolute atomic E-state index is 9.63. The van der Waals surface area contributed by atoms with Gasteiger partial charge in [-0.05, 0) is 41.0 Å². The van der Waals surface area contributed by atoms with Crippen LogP contribution in [0.15, 0.2) is 48.5 Å². The molecule has 0 saturated carbocycles. The largest absolute Gasteiger partial charge is 0.495 e. The number of nitrogens with one attached hydrogen (secondary N) is 1. The molecule has 2 N–H and O–H groups in total. The van der Waals surface area contributed by atoms with E-state index in [1.165, 1.54) is 11.1 Å². The van der Waals surface area contributed by atoms with Crippen LogP contribution in [0.4, 0.5) is 5.69 Å². The van der Waals surface area contributed by atoms with Crippen molar-refractivity contribution in [1.82, 2.24) is 5.32 Å². The van der Waals surface area contributed by atoms with Crippen LogP contribution >= 0.6 is 0 Å². The third kappa shape index (κ3) is 4.18. The Morgan fingerprint density at radius 3 is 2.46 bits per heavy atom. The molecule has 0 radical (unpaired) electrons. The molecule has 0 spiro atoms. The second kappa shape index (κ2) is 8.54. The number of hydrogen-bond donors (Lipinski definition) is 2. The van der Waals surface area contributed by atoms with Gasteiger partial charge in [0.15, 0.2) is 0 Å². The van der Waals surface area contributed by atoms with Crippen LogP contribution in [0.2, 0.25) is 0 Å². The van der Waals surface area contributed by atoms with Crippen molar-refractivity contribution in [2.75, 3.05) is 32.2 Å². The first kappa shape index (κ1) is 20.7. The van der Waals surface area contributed by atoms with Gasteiger partial charge in [0, 0.05) is 20.2 Å². The number of anilines is 1. The van der Waals surface area contributed by atoms with Crippen molar-refractivity contribution in [3.8, 4) is 5.75 Å². The monoisotopic (exact) mass is 382 g/mol. The highest BCUT2D eigenvalue weighted by molar-refractivity contribution is 5.62.